The van der Waals surface area contributed by atoms with Crippen LogP contribution in [0.25, 0.3) is 0 Å². The summed E-state index contributed by atoms with van der Waals surface area (Å²) in [7, 11) is 0. The second-order valence-corrected chi connectivity index (χ2v) is 14.9. The van der Waals surface area contributed by atoms with Crippen LogP contribution in [0.2, 0.25) is 0 Å². The number of hydrogen-bond donors (Lipinski definition) is 0. The predicted octanol–water partition coefficient (Wildman–Crippen LogP) is 11.4. The minimum Gasteiger partial charge on any atom is -0.205 e. The van der Waals surface area contributed by atoms with Crippen molar-refractivity contribution in [1.29, 1.82) is 0 Å². The van der Waals surface area contributed by atoms with E-state index in [1.54, 1.807) is 0 Å². The minimum absolute atomic E-state index is 0.902. The molecule has 0 fully saturated rings. The van der Waals surface area contributed by atoms with Gasteiger partial charge in [-0.15, -0.1) is 0 Å². The lowest BCUT2D eigenvalue weighted by molar-refractivity contribution is -0.697. The topological polar surface area (TPSA) is 7.76 Å². The fourth-order valence-electron chi connectivity index (χ4n) is 5.51. The number of unbranched alkanes of at least 4 members (excludes halogenated alkanes) is 6. The number of pyridine rings is 2. The molecule has 4 rings (SSSR count). The van der Waals surface area contributed by atoms with Gasteiger partial charge in [-0.25, -0.2) is 9.13 Å². The molecule has 2 aromatic carbocycles. The Morgan fingerprint density at radius 1 is 0.463 bits per heavy atom. The van der Waals surface area contributed by atoms with Crippen molar-refractivity contribution in [2.75, 3.05) is 10.7 Å². The molecule has 54 heavy (non-hydrogen) atoms. The van der Waals surface area contributed by atoms with Crippen molar-refractivity contribution >= 4 is 31.9 Å². The van der Waals surface area contributed by atoms with Crippen LogP contribution in [-0.4, -0.2) is 10.7 Å². The molecule has 0 aliphatic carbocycles. The number of alkyl halides is 2. The molecule has 4 aromatic rings. The number of halogens is 2. The van der Waals surface area contributed by atoms with E-state index in [2.05, 4.69) is 182 Å². The van der Waals surface area contributed by atoms with E-state index in [0.717, 1.165) is 97.4 Å². The minimum atomic E-state index is 0.902. The number of aryl methyl sites for hydroxylation is 4. The van der Waals surface area contributed by atoms with E-state index in [0.29, 0.717) is 0 Å². The molecule has 0 amide bonds. The maximum absolute atomic E-state index is 3.40. The van der Waals surface area contributed by atoms with Gasteiger partial charge in [0.1, 0.15) is 13.1 Å². The monoisotopic (exact) mass is 844 g/mol. The molecule has 2 nitrogen and oxygen atoms in total. The van der Waals surface area contributed by atoms with Gasteiger partial charge in [-0.05, 0) is 87.1 Å². The van der Waals surface area contributed by atoms with Gasteiger partial charge in [-0.3, -0.25) is 0 Å². The smallest absolute Gasteiger partial charge is 0.171 e. The molecule has 0 atom stereocenters. The first-order chi connectivity index (χ1) is 26.6. The number of rotatable bonds is 16. The average molecular weight is 847 g/mol. The number of hydrogen-bond acceptors (Lipinski definition) is 0. The van der Waals surface area contributed by atoms with Crippen molar-refractivity contribution in [2.45, 2.75) is 117 Å². The Balaban J connectivity index is 0.000000366. The maximum Gasteiger partial charge on any atom is 0.171 e. The van der Waals surface area contributed by atoms with Crippen LogP contribution in [-0.2, 0) is 25.9 Å². The Hall–Kier alpha value is -4.06. The number of nitrogens with zero attached hydrogens (tertiary/aromatic N) is 2. The summed E-state index contributed by atoms with van der Waals surface area (Å²) in [4.78, 5) is 0. The normalized spacial score (nSPS) is 9.85. The first kappa shape index (κ1) is 44.3. The van der Waals surface area contributed by atoms with Gasteiger partial charge in [-0.2, -0.15) is 0 Å². The second-order valence-electron chi connectivity index (χ2n) is 13.3. The van der Waals surface area contributed by atoms with Gasteiger partial charge in [0.2, 0.25) is 0 Å². The Morgan fingerprint density at radius 3 is 1.19 bits per heavy atom. The van der Waals surface area contributed by atoms with Crippen molar-refractivity contribution in [1.82, 2.24) is 0 Å². The molecular weight excluding hydrogens is 788 g/mol. The fourth-order valence-corrected chi connectivity index (χ4v) is 6.07. The lowest BCUT2D eigenvalue weighted by atomic mass is 10.1. The van der Waals surface area contributed by atoms with Crippen molar-refractivity contribution in [3.63, 3.8) is 0 Å². The summed E-state index contributed by atoms with van der Waals surface area (Å²) in [5, 5.41) is 2.03. The summed E-state index contributed by atoms with van der Waals surface area (Å²) in [5.74, 6) is 26.0. The third-order valence-electron chi connectivity index (χ3n) is 8.44. The van der Waals surface area contributed by atoms with E-state index >= 15 is 0 Å². The van der Waals surface area contributed by atoms with Crippen molar-refractivity contribution in [2.24, 2.45) is 0 Å². The molecule has 0 bridgehead atoms. The highest BCUT2D eigenvalue weighted by atomic mass is 79.9. The lowest BCUT2D eigenvalue weighted by Crippen LogP contribution is -2.33. The molecule has 280 valence electrons. The highest BCUT2D eigenvalue weighted by Crippen LogP contribution is 2.06. The molecule has 0 unspecified atom stereocenters. The van der Waals surface area contributed by atoms with Gasteiger partial charge in [-0.1, -0.05) is 118 Å². The third-order valence-corrected chi connectivity index (χ3v) is 9.56. The van der Waals surface area contributed by atoms with E-state index in [9.17, 15) is 0 Å². The molecule has 0 saturated heterocycles. The third kappa shape index (κ3) is 20.4. The largest absolute Gasteiger partial charge is 0.205 e. The van der Waals surface area contributed by atoms with Crippen LogP contribution in [0.1, 0.15) is 124 Å². The molecule has 4 heteroatoms. The van der Waals surface area contributed by atoms with Gasteiger partial charge < -0.3 is 0 Å². The van der Waals surface area contributed by atoms with Gasteiger partial charge in [0.25, 0.3) is 0 Å². The van der Waals surface area contributed by atoms with E-state index in [4.69, 9.17) is 0 Å². The van der Waals surface area contributed by atoms with Gasteiger partial charge in [0.15, 0.2) is 24.8 Å². The molecule has 0 spiro atoms. The van der Waals surface area contributed by atoms with Crippen LogP contribution < -0.4 is 9.13 Å². The lowest BCUT2D eigenvalue weighted by Gasteiger charge is -1.99. The van der Waals surface area contributed by atoms with Crippen molar-refractivity contribution < 1.29 is 9.13 Å². The zero-order chi connectivity index (χ0) is 38.3. The molecule has 0 aliphatic heterocycles. The molecule has 0 N–H and O–H groups in total. The second kappa shape index (κ2) is 29.3. The molecule has 0 aliphatic rings. The van der Waals surface area contributed by atoms with E-state index in [1.165, 1.54) is 49.7 Å². The predicted molar refractivity (Wildman–Crippen MR) is 235 cm³/mol. The van der Waals surface area contributed by atoms with E-state index in [-0.39, 0.29) is 0 Å². The molecule has 2 aromatic heterocycles. The quantitative estimate of drug-likeness (QED) is 0.0459. The Kier molecular flexibility index (Phi) is 24.1. The number of aromatic nitrogens is 2. The first-order valence-electron chi connectivity index (χ1n) is 19.9. The van der Waals surface area contributed by atoms with Crippen molar-refractivity contribution in [3.05, 3.63) is 131 Å². The molecular formula is C50H58Br2N2+2. The molecule has 0 radical (unpaired) electrons. The van der Waals surface area contributed by atoms with Crippen LogP contribution in [0.15, 0.2) is 97.6 Å². The summed E-state index contributed by atoms with van der Waals surface area (Å²) in [6, 6.07) is 25.2. The van der Waals surface area contributed by atoms with Crippen molar-refractivity contribution in [3.8, 4) is 47.4 Å². The summed E-state index contributed by atoms with van der Waals surface area (Å²) >= 11 is 6.80. The number of benzene rings is 2. The van der Waals surface area contributed by atoms with Crippen LogP contribution in [0, 0.1) is 47.4 Å². The fraction of sp³-hybridized carbons (Fsp3) is 0.400. The highest BCUT2D eigenvalue weighted by molar-refractivity contribution is 9.09. The zero-order valence-corrected chi connectivity index (χ0v) is 35.8. The molecule has 0 saturated carbocycles. The first-order valence-corrected chi connectivity index (χ1v) is 22.1. The van der Waals surface area contributed by atoms with Crippen LogP contribution in [0.4, 0.5) is 0 Å². The summed E-state index contributed by atoms with van der Waals surface area (Å²) in [5.41, 5.74) is 7.07. The Bertz CT molecular complexity index is 1780. The zero-order valence-electron chi connectivity index (χ0n) is 32.6. The summed E-state index contributed by atoms with van der Waals surface area (Å²) in [6.07, 6.45) is 24.2. The highest BCUT2D eigenvalue weighted by Gasteiger charge is 2.03. The Labute approximate surface area is 344 Å². The summed E-state index contributed by atoms with van der Waals surface area (Å²) in [6.45, 7) is 6.52. The standard InChI is InChI=1S/C34H42N2.C16H16Br2/c1-3-5-16-33-22-14-26-35(29-33)24-11-7-9-18-31-20-13-21-32(28-31)19-10-8-12-25-36-27-15-23-34(30-36)17-6-4-2;17-12-5-1-3-8-15-10-7-11-16(14-15)9-4-2-6-13-18/h13-15,20-23,26-30H,3-8,11-12,16-17,24-25H2,1-2H3;7,10-11,14H,1-2,5-6,12-13H2/q+2;. The average Bonchev–Trinajstić information content (AvgIpc) is 3.20. The van der Waals surface area contributed by atoms with E-state index in [1.807, 2.05) is 18.2 Å². The van der Waals surface area contributed by atoms with Crippen LogP contribution in [0.5, 0.6) is 0 Å². The Morgan fingerprint density at radius 2 is 0.833 bits per heavy atom. The maximum atomic E-state index is 3.40. The van der Waals surface area contributed by atoms with Gasteiger partial charge in [0.05, 0.1) is 0 Å². The summed E-state index contributed by atoms with van der Waals surface area (Å²) < 4.78 is 4.59. The van der Waals surface area contributed by atoms with Crippen LogP contribution in [0.3, 0.4) is 0 Å². The SMILES string of the molecule is BrCCCC#Cc1cccc(C#CCCCBr)c1.CCCCc1ccc[n+](CCCC#Cc2cccc(C#CCCC[n+]3cccc(CCCC)c3)c2)c1. The van der Waals surface area contributed by atoms with Crippen LogP contribution >= 0.6 is 31.9 Å². The van der Waals surface area contributed by atoms with Gasteiger partial charge >= 0.3 is 0 Å². The van der Waals surface area contributed by atoms with Gasteiger partial charge in [0, 0.05) is 94.7 Å². The molecule has 2 heterocycles. The van der Waals surface area contributed by atoms with E-state index < -0.39 is 0 Å².